The Morgan fingerprint density at radius 3 is 2.67 bits per heavy atom. The molecule has 1 fully saturated rings. The second kappa shape index (κ2) is 6.84. The van der Waals surface area contributed by atoms with Gasteiger partial charge < -0.3 is 14.7 Å². The third-order valence-corrected chi connectivity index (χ3v) is 6.14. The van der Waals surface area contributed by atoms with Crippen molar-refractivity contribution in [3.8, 4) is 0 Å². The lowest BCUT2D eigenvalue weighted by atomic mass is 9.81. The van der Waals surface area contributed by atoms with Gasteiger partial charge in [-0.2, -0.15) is 0 Å². The highest BCUT2D eigenvalue weighted by molar-refractivity contribution is 9.10. The molecule has 0 aromatic heterocycles. The van der Waals surface area contributed by atoms with E-state index in [0.717, 1.165) is 12.8 Å². The molecule has 1 saturated carbocycles. The largest absolute Gasteiger partial charge is 0.465 e. The van der Waals surface area contributed by atoms with Gasteiger partial charge in [0.2, 0.25) is 0 Å². The van der Waals surface area contributed by atoms with Crippen molar-refractivity contribution in [1.29, 1.82) is 0 Å². The van der Waals surface area contributed by atoms with Crippen LogP contribution < -0.4 is 0 Å². The van der Waals surface area contributed by atoms with E-state index >= 15 is 0 Å². The lowest BCUT2D eigenvalue weighted by molar-refractivity contribution is -0.147. The number of aliphatic hydroxyl groups is 1. The van der Waals surface area contributed by atoms with E-state index in [-0.39, 0.29) is 17.8 Å². The number of benzene rings is 1. The van der Waals surface area contributed by atoms with Crippen molar-refractivity contribution in [1.82, 2.24) is 4.90 Å². The van der Waals surface area contributed by atoms with E-state index in [1.165, 1.54) is 0 Å². The fraction of sp³-hybridized carbons (Fsp3) is 0.556. The van der Waals surface area contributed by atoms with Gasteiger partial charge in [-0.05, 0) is 44.6 Å². The molecule has 3 rings (SSSR count). The van der Waals surface area contributed by atoms with Gasteiger partial charge in [-0.25, -0.2) is 0 Å². The van der Waals surface area contributed by atoms with Gasteiger partial charge in [0.1, 0.15) is 4.32 Å². The first-order valence-electron chi connectivity index (χ1n) is 8.40. The van der Waals surface area contributed by atoms with Gasteiger partial charge in [0.05, 0.1) is 6.61 Å². The second-order valence-corrected chi connectivity index (χ2v) is 8.07. The number of hydrogen-bond donors (Lipinski definition) is 1. The maximum Gasteiger partial charge on any atom is 0.322 e. The number of alkyl halides is 1. The molecule has 1 heterocycles. The highest BCUT2D eigenvalue weighted by Gasteiger charge is 2.43. The molecule has 1 unspecified atom stereocenters. The third kappa shape index (κ3) is 3.09. The lowest BCUT2D eigenvalue weighted by Gasteiger charge is -2.35. The first-order chi connectivity index (χ1) is 11.5. The van der Waals surface area contributed by atoms with Gasteiger partial charge in [0.15, 0.2) is 6.23 Å². The molecule has 1 aliphatic carbocycles. The van der Waals surface area contributed by atoms with Crippen LogP contribution >= 0.6 is 15.9 Å². The minimum Gasteiger partial charge on any atom is -0.465 e. The molecule has 1 aliphatic heterocycles. The van der Waals surface area contributed by atoms with E-state index in [9.17, 15) is 14.7 Å². The number of aliphatic hydroxyl groups excluding tert-OH is 1. The smallest absolute Gasteiger partial charge is 0.322 e. The summed E-state index contributed by atoms with van der Waals surface area (Å²) in [5.74, 6) is -0.0367. The standard InChI is InChI=1S/C18H22BrNO4/c1-2-24-17(23)18(19)9-7-12(8-10-18)11-20-15(21)13-5-3-4-6-14(13)16(20)22/h3-6,12,15,21H,2,7-11H2,1H3. The minimum atomic E-state index is -0.866. The van der Waals surface area contributed by atoms with Gasteiger partial charge in [0, 0.05) is 17.7 Å². The monoisotopic (exact) mass is 395 g/mol. The number of carbonyl (C=O) groups is 2. The van der Waals surface area contributed by atoms with Gasteiger partial charge in [-0.1, -0.05) is 34.1 Å². The zero-order chi connectivity index (χ0) is 17.3. The number of carbonyl (C=O) groups excluding carboxylic acids is 2. The minimum absolute atomic E-state index is 0.112. The molecule has 0 bridgehead atoms. The number of ether oxygens (including phenoxy) is 1. The maximum atomic E-state index is 12.5. The molecule has 24 heavy (non-hydrogen) atoms. The first kappa shape index (κ1) is 17.4. The van der Waals surface area contributed by atoms with E-state index in [2.05, 4.69) is 15.9 Å². The van der Waals surface area contributed by atoms with E-state index < -0.39 is 10.6 Å². The molecule has 0 spiro atoms. The van der Waals surface area contributed by atoms with Gasteiger partial charge in [-0.3, -0.25) is 9.59 Å². The summed E-state index contributed by atoms with van der Waals surface area (Å²) in [5, 5.41) is 10.4. The van der Waals surface area contributed by atoms with E-state index in [1.807, 2.05) is 12.1 Å². The molecule has 6 heteroatoms. The number of hydrogen-bond acceptors (Lipinski definition) is 4. The van der Waals surface area contributed by atoms with Crippen LogP contribution in [0.4, 0.5) is 0 Å². The van der Waals surface area contributed by atoms with Crippen molar-refractivity contribution in [2.45, 2.75) is 43.2 Å². The Bertz CT molecular complexity index is 640. The summed E-state index contributed by atoms with van der Waals surface area (Å²) in [6, 6.07) is 7.19. The van der Waals surface area contributed by atoms with Crippen molar-refractivity contribution < 1.29 is 19.4 Å². The quantitative estimate of drug-likeness (QED) is 0.628. The van der Waals surface area contributed by atoms with Crippen LogP contribution in [0.1, 0.15) is 54.8 Å². The summed E-state index contributed by atoms with van der Waals surface area (Å²) in [4.78, 5) is 26.1. The van der Waals surface area contributed by atoms with Gasteiger partial charge in [0.25, 0.3) is 5.91 Å². The predicted molar refractivity (Wildman–Crippen MR) is 92.7 cm³/mol. The highest BCUT2D eigenvalue weighted by Crippen LogP contribution is 2.41. The third-order valence-electron chi connectivity index (χ3n) is 5.02. The second-order valence-electron chi connectivity index (χ2n) is 6.55. The lowest BCUT2D eigenvalue weighted by Crippen LogP contribution is -2.41. The Morgan fingerprint density at radius 1 is 1.38 bits per heavy atom. The molecule has 1 N–H and O–H groups in total. The van der Waals surface area contributed by atoms with Crippen LogP contribution in [0, 0.1) is 5.92 Å². The average Bonchev–Trinajstić information content (AvgIpc) is 2.82. The van der Waals surface area contributed by atoms with E-state index in [1.54, 1.807) is 24.0 Å². The van der Waals surface area contributed by atoms with Crippen LogP contribution in [-0.4, -0.2) is 39.4 Å². The van der Waals surface area contributed by atoms with Crippen molar-refractivity contribution in [3.63, 3.8) is 0 Å². The molecule has 1 aromatic rings. The number of fused-ring (bicyclic) bond motifs is 1. The van der Waals surface area contributed by atoms with E-state index in [4.69, 9.17) is 4.74 Å². The van der Waals surface area contributed by atoms with Crippen molar-refractivity contribution in [2.75, 3.05) is 13.2 Å². The fourth-order valence-electron chi connectivity index (χ4n) is 3.59. The zero-order valence-electron chi connectivity index (χ0n) is 13.7. The molecule has 2 aliphatic rings. The number of halogens is 1. The molecule has 1 atom stereocenters. The number of nitrogens with zero attached hydrogens (tertiary/aromatic N) is 1. The molecular weight excluding hydrogens is 374 g/mol. The average molecular weight is 396 g/mol. The van der Waals surface area contributed by atoms with Crippen LogP contribution in [0.5, 0.6) is 0 Å². The Morgan fingerprint density at radius 2 is 2.04 bits per heavy atom. The Hall–Kier alpha value is -1.40. The number of esters is 1. The molecule has 1 amide bonds. The molecule has 5 nitrogen and oxygen atoms in total. The van der Waals surface area contributed by atoms with Crippen LogP contribution in [0.15, 0.2) is 24.3 Å². The number of rotatable bonds is 4. The molecule has 0 radical (unpaired) electrons. The summed E-state index contributed by atoms with van der Waals surface area (Å²) in [6.45, 7) is 2.70. The first-order valence-corrected chi connectivity index (χ1v) is 9.19. The predicted octanol–water partition coefficient (Wildman–Crippen LogP) is 3.02. The molecular formula is C18H22BrNO4. The molecule has 130 valence electrons. The summed E-state index contributed by atoms with van der Waals surface area (Å²) in [5.41, 5.74) is 1.27. The van der Waals surface area contributed by atoms with Gasteiger partial charge >= 0.3 is 5.97 Å². The topological polar surface area (TPSA) is 66.8 Å². The number of amides is 1. The summed E-state index contributed by atoms with van der Waals surface area (Å²) < 4.78 is 4.54. The maximum absolute atomic E-state index is 12.5. The van der Waals surface area contributed by atoms with Crippen LogP contribution in [0.3, 0.4) is 0 Å². The summed E-state index contributed by atoms with van der Waals surface area (Å²) in [7, 11) is 0. The van der Waals surface area contributed by atoms with Crippen LogP contribution in [0.25, 0.3) is 0 Å². The van der Waals surface area contributed by atoms with Crippen molar-refractivity contribution in [3.05, 3.63) is 35.4 Å². The van der Waals surface area contributed by atoms with Crippen molar-refractivity contribution >= 4 is 27.8 Å². The van der Waals surface area contributed by atoms with Crippen LogP contribution in [0.2, 0.25) is 0 Å². The fourth-order valence-corrected chi connectivity index (χ4v) is 4.17. The molecule has 1 aromatic carbocycles. The van der Waals surface area contributed by atoms with Gasteiger partial charge in [-0.15, -0.1) is 0 Å². The highest BCUT2D eigenvalue weighted by atomic mass is 79.9. The SMILES string of the molecule is CCOC(=O)C1(Br)CCC(CN2C(=O)c3ccccc3C2O)CC1. The zero-order valence-corrected chi connectivity index (χ0v) is 15.3. The van der Waals surface area contributed by atoms with Crippen molar-refractivity contribution in [2.24, 2.45) is 5.92 Å². The summed E-state index contributed by atoms with van der Waals surface area (Å²) in [6.07, 6.45) is 2.13. The van der Waals surface area contributed by atoms with E-state index in [0.29, 0.717) is 37.1 Å². The van der Waals surface area contributed by atoms with Crippen LogP contribution in [-0.2, 0) is 9.53 Å². The normalized spacial score (nSPS) is 29.5. The Balaban J connectivity index is 1.61. The summed E-state index contributed by atoms with van der Waals surface area (Å²) >= 11 is 3.55. The molecule has 0 saturated heterocycles. The Labute approximate surface area is 150 Å². The Kier molecular flexibility index (Phi) is 4.97.